The molecule has 0 aromatic heterocycles. The van der Waals surface area contributed by atoms with E-state index in [2.05, 4.69) is 6.92 Å². The Kier molecular flexibility index (Phi) is 6.31. The van der Waals surface area contributed by atoms with E-state index in [1.165, 1.54) is 17.7 Å². The van der Waals surface area contributed by atoms with E-state index in [1.54, 1.807) is 6.92 Å². The first-order valence-electron chi connectivity index (χ1n) is 9.94. The lowest BCUT2D eigenvalue weighted by Crippen LogP contribution is -2.34. The summed E-state index contributed by atoms with van der Waals surface area (Å²) in [6, 6.07) is 10.3. The average molecular weight is 394 g/mol. The molecule has 0 radical (unpaired) electrons. The van der Waals surface area contributed by atoms with Crippen LogP contribution < -0.4 is 4.74 Å². The predicted molar refractivity (Wildman–Crippen MR) is 102 cm³/mol. The van der Waals surface area contributed by atoms with Gasteiger partial charge in [-0.3, -0.25) is 0 Å². The predicted octanol–water partition coefficient (Wildman–Crippen LogP) is 7.00. The smallest absolute Gasteiger partial charge is 0.255 e. The lowest BCUT2D eigenvalue weighted by Gasteiger charge is -2.36. The van der Waals surface area contributed by atoms with Gasteiger partial charge in [0.1, 0.15) is 0 Å². The largest absolute Gasteiger partial charge is 0.491 e. The molecule has 0 bridgehead atoms. The Morgan fingerprint density at radius 1 is 0.964 bits per heavy atom. The number of benzene rings is 2. The van der Waals surface area contributed by atoms with Crippen molar-refractivity contribution in [1.82, 2.24) is 0 Å². The van der Waals surface area contributed by atoms with Crippen LogP contribution in [0.2, 0.25) is 0 Å². The van der Waals surface area contributed by atoms with Gasteiger partial charge in [-0.05, 0) is 49.3 Å². The standard InChI is InChI=1S/C23H26F4O/c1-3-5-15-6-8-16(9-7-15)17-10-12-19(23(26,27)14-17)18-11-13-20(28-4-2)22(25)21(18)24/h6-9,11,13,17,19H,3-5,10,12,14H2,1-2H3/t17-,19+/m0/s1. The highest BCUT2D eigenvalue weighted by Gasteiger charge is 2.47. The number of rotatable bonds is 6. The van der Waals surface area contributed by atoms with Crippen LogP contribution >= 0.6 is 0 Å². The molecular weight excluding hydrogens is 368 g/mol. The Labute approximate surface area is 163 Å². The summed E-state index contributed by atoms with van der Waals surface area (Å²) in [5, 5.41) is 0. The number of ether oxygens (including phenoxy) is 1. The van der Waals surface area contributed by atoms with Gasteiger partial charge in [-0.25, -0.2) is 13.2 Å². The highest BCUT2D eigenvalue weighted by molar-refractivity contribution is 5.35. The molecule has 5 heteroatoms. The van der Waals surface area contributed by atoms with Crippen LogP contribution in [0.5, 0.6) is 5.75 Å². The van der Waals surface area contributed by atoms with Crippen molar-refractivity contribution in [3.05, 3.63) is 64.7 Å². The number of aryl methyl sites for hydroxylation is 1. The number of hydrogen-bond acceptors (Lipinski definition) is 1. The molecular formula is C23H26F4O. The number of hydrogen-bond donors (Lipinski definition) is 0. The molecule has 0 heterocycles. The van der Waals surface area contributed by atoms with E-state index in [0.29, 0.717) is 6.42 Å². The average Bonchev–Trinajstić information content (AvgIpc) is 2.67. The Balaban J connectivity index is 1.79. The fourth-order valence-corrected chi connectivity index (χ4v) is 4.15. The zero-order valence-corrected chi connectivity index (χ0v) is 16.3. The second-order valence-corrected chi connectivity index (χ2v) is 7.50. The van der Waals surface area contributed by atoms with Crippen LogP contribution in [0.1, 0.15) is 68.1 Å². The molecule has 1 aliphatic carbocycles. The molecule has 2 aromatic rings. The molecule has 0 aliphatic heterocycles. The van der Waals surface area contributed by atoms with Crippen LogP contribution in [-0.2, 0) is 6.42 Å². The van der Waals surface area contributed by atoms with Gasteiger partial charge in [0.25, 0.3) is 5.92 Å². The molecule has 1 nitrogen and oxygen atoms in total. The zero-order chi connectivity index (χ0) is 20.3. The monoisotopic (exact) mass is 394 g/mol. The van der Waals surface area contributed by atoms with Crippen LogP contribution in [0.3, 0.4) is 0 Å². The summed E-state index contributed by atoms with van der Waals surface area (Å²) in [6.07, 6.45) is 2.26. The lowest BCUT2D eigenvalue weighted by atomic mass is 9.73. The molecule has 1 fully saturated rings. The second-order valence-electron chi connectivity index (χ2n) is 7.50. The van der Waals surface area contributed by atoms with Gasteiger partial charge in [-0.15, -0.1) is 0 Å². The van der Waals surface area contributed by atoms with Crippen molar-refractivity contribution < 1.29 is 22.3 Å². The van der Waals surface area contributed by atoms with E-state index in [0.717, 1.165) is 18.4 Å². The fourth-order valence-electron chi connectivity index (χ4n) is 4.15. The van der Waals surface area contributed by atoms with Gasteiger partial charge in [-0.1, -0.05) is 43.7 Å². The first-order chi connectivity index (χ1) is 13.4. The summed E-state index contributed by atoms with van der Waals surface area (Å²) in [5.74, 6) is -7.37. The topological polar surface area (TPSA) is 9.23 Å². The minimum Gasteiger partial charge on any atom is -0.491 e. The molecule has 0 saturated heterocycles. The van der Waals surface area contributed by atoms with Gasteiger partial charge >= 0.3 is 0 Å². The van der Waals surface area contributed by atoms with Crippen LogP contribution in [0.15, 0.2) is 36.4 Å². The van der Waals surface area contributed by atoms with Crippen LogP contribution in [0, 0.1) is 11.6 Å². The SMILES string of the molecule is CCCc1ccc([C@H]2CC[C@H](c3ccc(OCC)c(F)c3F)C(F)(F)C2)cc1. The first-order valence-corrected chi connectivity index (χ1v) is 9.94. The van der Waals surface area contributed by atoms with Gasteiger partial charge in [0.05, 0.1) is 12.5 Å². The molecule has 2 aromatic carbocycles. The van der Waals surface area contributed by atoms with Crippen molar-refractivity contribution in [1.29, 1.82) is 0 Å². The molecule has 1 aliphatic rings. The summed E-state index contributed by atoms with van der Waals surface area (Å²) >= 11 is 0. The second kappa shape index (κ2) is 8.54. The van der Waals surface area contributed by atoms with Gasteiger partial charge < -0.3 is 4.74 Å². The van der Waals surface area contributed by atoms with Gasteiger partial charge in [-0.2, -0.15) is 4.39 Å². The van der Waals surface area contributed by atoms with Gasteiger partial charge in [0.15, 0.2) is 11.6 Å². The van der Waals surface area contributed by atoms with Crippen LogP contribution in [-0.4, -0.2) is 12.5 Å². The van der Waals surface area contributed by atoms with E-state index in [-0.39, 0.29) is 36.7 Å². The van der Waals surface area contributed by atoms with E-state index >= 15 is 0 Å². The third-order valence-electron chi connectivity index (χ3n) is 5.57. The fraction of sp³-hybridized carbons (Fsp3) is 0.478. The number of alkyl halides is 2. The Morgan fingerprint density at radius 2 is 1.68 bits per heavy atom. The van der Waals surface area contributed by atoms with E-state index < -0.39 is 23.5 Å². The minimum absolute atomic E-state index is 0.110. The number of halogens is 4. The molecule has 3 rings (SSSR count). The third-order valence-corrected chi connectivity index (χ3v) is 5.57. The summed E-state index contributed by atoms with van der Waals surface area (Å²) in [7, 11) is 0. The maximum Gasteiger partial charge on any atom is 0.255 e. The Bertz CT molecular complexity index is 801. The Morgan fingerprint density at radius 3 is 2.29 bits per heavy atom. The molecule has 1 saturated carbocycles. The molecule has 0 spiro atoms. The molecule has 28 heavy (non-hydrogen) atoms. The summed E-state index contributed by atoms with van der Waals surface area (Å²) in [6.45, 7) is 3.92. The quantitative estimate of drug-likeness (QED) is 0.479. The maximum atomic E-state index is 14.9. The summed E-state index contributed by atoms with van der Waals surface area (Å²) in [5.41, 5.74) is 1.82. The lowest BCUT2D eigenvalue weighted by molar-refractivity contribution is -0.0625. The normalized spacial score (nSPS) is 21.5. The summed E-state index contributed by atoms with van der Waals surface area (Å²) in [4.78, 5) is 0. The van der Waals surface area contributed by atoms with Crippen molar-refractivity contribution in [2.45, 2.75) is 63.7 Å². The van der Waals surface area contributed by atoms with E-state index in [9.17, 15) is 17.6 Å². The van der Waals surface area contributed by atoms with Gasteiger partial charge in [0.2, 0.25) is 5.82 Å². The molecule has 0 unspecified atom stereocenters. The molecule has 0 N–H and O–H groups in total. The first kappa shape index (κ1) is 20.7. The zero-order valence-electron chi connectivity index (χ0n) is 16.3. The highest BCUT2D eigenvalue weighted by Crippen LogP contribution is 2.50. The maximum absolute atomic E-state index is 14.9. The van der Waals surface area contributed by atoms with Crippen molar-refractivity contribution in [2.24, 2.45) is 0 Å². The van der Waals surface area contributed by atoms with Crippen LogP contribution in [0.25, 0.3) is 0 Å². The molecule has 2 atom stereocenters. The minimum atomic E-state index is -3.11. The van der Waals surface area contributed by atoms with Crippen molar-refractivity contribution >= 4 is 0 Å². The highest BCUT2D eigenvalue weighted by atomic mass is 19.3. The third kappa shape index (κ3) is 4.18. The Hall–Kier alpha value is -2.04. The van der Waals surface area contributed by atoms with Gasteiger partial charge in [0, 0.05) is 12.0 Å². The van der Waals surface area contributed by atoms with Crippen molar-refractivity contribution in [2.75, 3.05) is 6.61 Å². The van der Waals surface area contributed by atoms with Crippen LogP contribution in [0.4, 0.5) is 17.6 Å². The van der Waals surface area contributed by atoms with Crippen molar-refractivity contribution in [3.63, 3.8) is 0 Å². The molecule has 0 amide bonds. The molecule has 152 valence electrons. The van der Waals surface area contributed by atoms with E-state index in [4.69, 9.17) is 4.74 Å². The summed E-state index contributed by atoms with van der Waals surface area (Å²) < 4.78 is 63.5. The van der Waals surface area contributed by atoms with E-state index in [1.807, 2.05) is 24.3 Å². The van der Waals surface area contributed by atoms with Crippen molar-refractivity contribution in [3.8, 4) is 5.75 Å².